The maximum atomic E-state index is 13.8. The maximum absolute atomic E-state index is 13.8. The topological polar surface area (TPSA) is 139 Å². The molecule has 4 saturated carbocycles. The molecule has 35 heavy (non-hydrogen) atoms. The molecule has 6 rings (SSSR count). The summed E-state index contributed by atoms with van der Waals surface area (Å²) in [5.74, 6) is -0.0518. The van der Waals surface area contributed by atoms with Crippen LogP contribution in [0.2, 0.25) is 0 Å². The van der Waals surface area contributed by atoms with Crippen LogP contribution in [0, 0.1) is 23.2 Å². The van der Waals surface area contributed by atoms with E-state index >= 15 is 0 Å². The lowest BCUT2D eigenvalue weighted by molar-refractivity contribution is -0.168. The number of nitrogens with two attached hydrogens (primary N) is 1. The first kappa shape index (κ1) is 23.8. The van der Waals surface area contributed by atoms with Gasteiger partial charge in [0.1, 0.15) is 6.04 Å². The third kappa shape index (κ3) is 4.53. The Labute approximate surface area is 204 Å². The number of aliphatic hydroxyl groups excluding tert-OH is 1. The number of ether oxygens (including phenoxy) is 1. The second-order valence-corrected chi connectivity index (χ2v) is 11.1. The number of anilines is 1. The fourth-order valence-electron chi connectivity index (χ4n) is 7.21. The molecule has 1 aromatic carbocycles. The highest BCUT2D eigenvalue weighted by atomic mass is 16.5. The zero-order valence-corrected chi connectivity index (χ0v) is 19.9. The lowest BCUT2D eigenvalue weighted by atomic mass is 9.49. The number of benzene rings is 1. The van der Waals surface area contributed by atoms with Crippen LogP contribution in [0.4, 0.5) is 5.69 Å². The summed E-state index contributed by atoms with van der Waals surface area (Å²) in [6.45, 7) is 1.58. The Bertz CT molecular complexity index is 1000. The smallest absolute Gasteiger partial charge is 0.329 e. The van der Waals surface area contributed by atoms with Gasteiger partial charge in [0.2, 0.25) is 11.8 Å². The van der Waals surface area contributed by atoms with E-state index in [2.05, 4.69) is 5.32 Å². The van der Waals surface area contributed by atoms with Crippen LogP contribution in [-0.4, -0.2) is 58.5 Å². The summed E-state index contributed by atoms with van der Waals surface area (Å²) in [6, 6.07) is 5.15. The summed E-state index contributed by atoms with van der Waals surface area (Å²) in [5, 5.41) is 13.0. The molecular formula is C26H33N3O6. The van der Waals surface area contributed by atoms with E-state index in [4.69, 9.17) is 10.5 Å². The van der Waals surface area contributed by atoms with E-state index in [1.165, 1.54) is 55.4 Å². The number of amides is 3. The molecule has 1 aliphatic heterocycles. The molecule has 0 spiro atoms. The van der Waals surface area contributed by atoms with E-state index < -0.39 is 41.4 Å². The maximum Gasteiger partial charge on any atom is 0.329 e. The molecular weight excluding hydrogens is 450 g/mol. The van der Waals surface area contributed by atoms with Crippen LogP contribution in [0.5, 0.6) is 0 Å². The number of nitrogens with one attached hydrogen (secondary N) is 1. The van der Waals surface area contributed by atoms with Gasteiger partial charge in [0.25, 0.3) is 5.91 Å². The third-order valence-corrected chi connectivity index (χ3v) is 8.40. The predicted molar refractivity (Wildman–Crippen MR) is 126 cm³/mol. The largest absolute Gasteiger partial charge is 0.451 e. The number of primary amides is 1. The molecule has 2 unspecified atom stereocenters. The van der Waals surface area contributed by atoms with Crippen molar-refractivity contribution in [1.82, 2.24) is 4.90 Å². The van der Waals surface area contributed by atoms with Crippen molar-refractivity contribution in [3.63, 3.8) is 0 Å². The summed E-state index contributed by atoms with van der Waals surface area (Å²) in [6.07, 6.45) is 4.46. The van der Waals surface area contributed by atoms with Gasteiger partial charge in [-0.2, -0.15) is 0 Å². The van der Waals surface area contributed by atoms with Gasteiger partial charge in [0, 0.05) is 24.2 Å². The van der Waals surface area contributed by atoms with E-state index in [0.29, 0.717) is 29.0 Å². The van der Waals surface area contributed by atoms with Gasteiger partial charge in [-0.05, 0) is 87.5 Å². The number of likely N-dealkylation sites (tertiary alicyclic amines) is 1. The monoisotopic (exact) mass is 483 g/mol. The molecule has 4 aliphatic carbocycles. The number of carbonyl (C=O) groups excluding carboxylic acids is 4. The molecule has 0 aromatic heterocycles. The highest BCUT2D eigenvalue weighted by molar-refractivity contribution is 5.97. The minimum absolute atomic E-state index is 0.0262. The Hall–Kier alpha value is -2.94. The summed E-state index contributed by atoms with van der Waals surface area (Å²) in [5.41, 5.74) is 5.54. The van der Waals surface area contributed by atoms with Crippen molar-refractivity contribution in [2.75, 3.05) is 11.9 Å². The second-order valence-electron chi connectivity index (χ2n) is 11.1. The molecule has 0 radical (unpaired) electrons. The van der Waals surface area contributed by atoms with Crippen LogP contribution in [-0.2, 0) is 19.1 Å². The van der Waals surface area contributed by atoms with Crippen LogP contribution in [0.25, 0.3) is 0 Å². The van der Waals surface area contributed by atoms with Crippen molar-refractivity contribution in [2.24, 2.45) is 28.9 Å². The lowest BCUT2D eigenvalue weighted by Gasteiger charge is -2.56. The van der Waals surface area contributed by atoms with Crippen molar-refractivity contribution >= 4 is 29.4 Å². The summed E-state index contributed by atoms with van der Waals surface area (Å²) in [4.78, 5) is 52.1. The summed E-state index contributed by atoms with van der Waals surface area (Å²) >= 11 is 0. The first-order valence-electron chi connectivity index (χ1n) is 12.5. The fourth-order valence-corrected chi connectivity index (χ4v) is 7.21. The van der Waals surface area contributed by atoms with Gasteiger partial charge in [-0.3, -0.25) is 14.4 Å². The molecule has 188 valence electrons. The molecule has 4 N–H and O–H groups in total. The number of hydrogen-bond acceptors (Lipinski definition) is 6. The van der Waals surface area contributed by atoms with E-state index in [1.807, 2.05) is 0 Å². The number of hydrogen-bond donors (Lipinski definition) is 3. The summed E-state index contributed by atoms with van der Waals surface area (Å²) < 4.78 is 5.45. The highest BCUT2D eigenvalue weighted by Gasteiger charge is 2.57. The standard InChI is InChI=1S/C26H33N3O6/c1-14(23(32)28-19-4-2-18(3-5-19)22(27)31)35-24(33)21-9-20(30)13-29(21)25(34)26-10-15-6-16(11-26)8-17(7-15)12-26/h2-5,14-17,20-21,30H,6-13H2,1H3,(H2,27,31)(H,28,32)/t14?,15?,16?,17?,20?,21-,26?/m0/s1. The van der Waals surface area contributed by atoms with E-state index in [1.54, 1.807) is 0 Å². The Balaban J connectivity index is 1.23. The van der Waals surface area contributed by atoms with Crippen molar-refractivity contribution in [1.29, 1.82) is 0 Å². The van der Waals surface area contributed by atoms with Crippen molar-refractivity contribution in [3.05, 3.63) is 29.8 Å². The molecule has 5 aliphatic rings. The van der Waals surface area contributed by atoms with Crippen LogP contribution >= 0.6 is 0 Å². The van der Waals surface area contributed by atoms with Gasteiger partial charge in [-0.15, -0.1) is 0 Å². The molecule has 3 amide bonds. The molecule has 9 heteroatoms. The van der Waals surface area contributed by atoms with Gasteiger partial charge >= 0.3 is 5.97 Å². The van der Waals surface area contributed by atoms with Crippen LogP contribution in [0.15, 0.2) is 24.3 Å². The Morgan fingerprint density at radius 3 is 2.14 bits per heavy atom. The molecule has 5 fully saturated rings. The number of esters is 1. The van der Waals surface area contributed by atoms with Crippen molar-refractivity contribution < 1.29 is 29.0 Å². The quantitative estimate of drug-likeness (QED) is 0.528. The SMILES string of the molecule is CC(OC(=O)[C@@H]1CC(O)CN1C(=O)C12CC3CC(CC(C3)C1)C2)C(=O)Nc1ccc(C(N)=O)cc1. The number of rotatable bonds is 6. The van der Waals surface area contributed by atoms with E-state index in [9.17, 15) is 24.3 Å². The Morgan fingerprint density at radius 2 is 1.60 bits per heavy atom. The van der Waals surface area contributed by atoms with Crippen molar-refractivity contribution in [3.8, 4) is 0 Å². The average molecular weight is 484 g/mol. The van der Waals surface area contributed by atoms with Crippen LogP contribution < -0.4 is 11.1 Å². The number of carbonyl (C=O) groups is 4. The highest BCUT2D eigenvalue weighted by Crippen LogP contribution is 2.60. The molecule has 4 bridgehead atoms. The van der Waals surface area contributed by atoms with Crippen LogP contribution in [0.3, 0.4) is 0 Å². The second kappa shape index (κ2) is 8.93. The van der Waals surface area contributed by atoms with Gasteiger partial charge in [-0.25, -0.2) is 4.79 Å². The first-order valence-corrected chi connectivity index (χ1v) is 12.5. The van der Waals surface area contributed by atoms with Gasteiger partial charge < -0.3 is 25.8 Å². The molecule has 1 saturated heterocycles. The Kier molecular flexibility index (Phi) is 6.07. The first-order chi connectivity index (χ1) is 16.6. The lowest BCUT2D eigenvalue weighted by Crippen LogP contribution is -2.56. The third-order valence-electron chi connectivity index (χ3n) is 8.40. The van der Waals surface area contributed by atoms with Crippen molar-refractivity contribution in [2.45, 2.75) is 70.1 Å². The zero-order chi connectivity index (χ0) is 24.9. The summed E-state index contributed by atoms with van der Waals surface area (Å²) in [7, 11) is 0. The number of aliphatic hydroxyl groups is 1. The molecule has 3 atom stereocenters. The molecule has 1 aromatic rings. The Morgan fingerprint density at radius 1 is 1.03 bits per heavy atom. The van der Waals surface area contributed by atoms with Gasteiger partial charge in [0.15, 0.2) is 6.10 Å². The predicted octanol–water partition coefficient (Wildman–Crippen LogP) is 1.83. The molecule has 9 nitrogen and oxygen atoms in total. The van der Waals surface area contributed by atoms with E-state index in [0.717, 1.165) is 19.3 Å². The minimum Gasteiger partial charge on any atom is -0.451 e. The minimum atomic E-state index is -1.10. The number of nitrogens with zero attached hydrogens (tertiary/aromatic N) is 1. The zero-order valence-electron chi connectivity index (χ0n) is 19.9. The van der Waals surface area contributed by atoms with Gasteiger partial charge in [-0.1, -0.05) is 0 Å². The number of β-amino-alcohol motifs (C(OH)–C–C–N with tert-alkyl or cyclic N) is 1. The fraction of sp³-hybridized carbons (Fsp3) is 0.615. The van der Waals surface area contributed by atoms with Crippen LogP contribution in [0.1, 0.15) is 62.2 Å². The van der Waals surface area contributed by atoms with Gasteiger partial charge in [0.05, 0.1) is 11.5 Å². The molecule has 1 heterocycles. The van der Waals surface area contributed by atoms with E-state index in [-0.39, 0.29) is 18.9 Å². The average Bonchev–Trinajstić information content (AvgIpc) is 3.19. The normalized spacial score (nSPS) is 33.9.